The third kappa shape index (κ3) is 4.59. The number of rotatable bonds is 3. The fourth-order valence-electron chi connectivity index (χ4n) is 6.62. The molecular weight excluding hydrogens is 527 g/mol. The monoisotopic (exact) mass is 554 g/mol. The number of hydrogen-bond acceptors (Lipinski definition) is 2. The predicted molar refractivity (Wildman–Crippen MR) is 141 cm³/mol. The van der Waals surface area contributed by atoms with E-state index in [2.05, 4.69) is 28.7 Å². The molecule has 4 atom stereocenters. The molecule has 0 radical (unpaired) electrons. The van der Waals surface area contributed by atoms with E-state index < -0.39 is 41.3 Å². The van der Waals surface area contributed by atoms with Crippen LogP contribution in [0.1, 0.15) is 37.4 Å². The maximum absolute atomic E-state index is 14.2. The van der Waals surface area contributed by atoms with Crippen molar-refractivity contribution in [2.75, 3.05) is 5.32 Å². The summed E-state index contributed by atoms with van der Waals surface area (Å²) in [5.74, 6) is -3.06. The second-order valence-electron chi connectivity index (χ2n) is 10.9. The van der Waals surface area contributed by atoms with E-state index in [-0.39, 0.29) is 17.9 Å². The zero-order valence-electron chi connectivity index (χ0n) is 21.6. The van der Waals surface area contributed by atoms with Gasteiger partial charge in [-0.3, -0.25) is 0 Å². The molecule has 0 saturated heterocycles. The first-order chi connectivity index (χ1) is 19.0. The van der Waals surface area contributed by atoms with Gasteiger partial charge in [0.25, 0.3) is 0 Å². The summed E-state index contributed by atoms with van der Waals surface area (Å²) in [5.41, 5.74) is 4.33. The molecule has 2 aromatic carbocycles. The van der Waals surface area contributed by atoms with Crippen LogP contribution in [-0.4, -0.2) is 28.0 Å². The van der Waals surface area contributed by atoms with Crippen molar-refractivity contribution in [1.29, 1.82) is 0 Å². The van der Waals surface area contributed by atoms with E-state index in [0.29, 0.717) is 19.3 Å². The Hall–Kier alpha value is -3.95. The van der Waals surface area contributed by atoms with Gasteiger partial charge in [0.1, 0.15) is 11.6 Å². The molecule has 0 aliphatic heterocycles. The number of nitrogens with zero attached hydrogens (tertiary/aromatic N) is 2. The van der Waals surface area contributed by atoms with Crippen LogP contribution in [0, 0.1) is 28.9 Å². The highest BCUT2D eigenvalue weighted by molar-refractivity contribution is 5.89. The Morgan fingerprint density at radius 1 is 1.05 bits per heavy atom. The van der Waals surface area contributed by atoms with Crippen molar-refractivity contribution in [2.24, 2.45) is 17.3 Å². The number of hydrogen-bond donors (Lipinski definition) is 2. The SMILES string of the molecule is C[C@]12Cc3cnn(-c4ccc(F)cc4)c3C=C1CC[C@H]1C2=CC[C@@H](C(F)(F)F)[C@@H]1NC(=O)Nc1ccc(F)cc1. The molecule has 2 amide bonds. The Kier molecular flexibility index (Phi) is 6.31. The molecule has 3 aliphatic carbocycles. The molecule has 10 heteroatoms. The van der Waals surface area contributed by atoms with Gasteiger partial charge < -0.3 is 10.6 Å². The van der Waals surface area contributed by atoms with Crippen molar-refractivity contribution in [3.05, 3.63) is 94.8 Å². The van der Waals surface area contributed by atoms with Crippen LogP contribution >= 0.6 is 0 Å². The Balaban J connectivity index is 1.30. The molecule has 6 rings (SSSR count). The minimum atomic E-state index is -4.50. The average molecular weight is 555 g/mol. The normalized spacial score (nSPS) is 25.6. The van der Waals surface area contributed by atoms with Crippen molar-refractivity contribution < 1.29 is 26.7 Å². The van der Waals surface area contributed by atoms with E-state index in [4.69, 9.17) is 0 Å². The maximum atomic E-state index is 14.2. The summed E-state index contributed by atoms with van der Waals surface area (Å²) < 4.78 is 71.1. The van der Waals surface area contributed by atoms with E-state index in [1.54, 1.807) is 29.1 Å². The number of nitrogens with one attached hydrogen (secondary N) is 2. The van der Waals surface area contributed by atoms with Crippen LogP contribution < -0.4 is 10.6 Å². The molecule has 0 bridgehead atoms. The van der Waals surface area contributed by atoms with Crippen LogP contribution in [0.4, 0.5) is 32.4 Å². The predicted octanol–water partition coefficient (Wildman–Crippen LogP) is 7.21. The van der Waals surface area contributed by atoms with Crippen LogP contribution in [0.15, 0.2) is 72.0 Å². The van der Waals surface area contributed by atoms with E-state index >= 15 is 0 Å². The summed E-state index contributed by atoms with van der Waals surface area (Å²) in [7, 11) is 0. The molecule has 1 aromatic heterocycles. The second-order valence-corrected chi connectivity index (χ2v) is 10.9. The molecule has 5 nitrogen and oxygen atoms in total. The Bertz CT molecular complexity index is 1510. The van der Waals surface area contributed by atoms with Gasteiger partial charge in [0, 0.05) is 23.1 Å². The van der Waals surface area contributed by atoms with Crippen LogP contribution in [0.5, 0.6) is 0 Å². The number of benzene rings is 2. The van der Waals surface area contributed by atoms with Gasteiger partial charge in [-0.05, 0) is 85.9 Å². The van der Waals surface area contributed by atoms with Gasteiger partial charge in [0.05, 0.1) is 23.5 Å². The fourth-order valence-corrected chi connectivity index (χ4v) is 6.62. The standard InChI is InChI=1S/C30H27F5N4O/c1-29-15-17-16-36-39(22-9-5-20(32)6-10-22)26(17)14-18(29)2-11-23-24(29)12-13-25(30(33,34)35)27(23)38-28(40)37-21-7-3-19(31)4-8-21/h3-10,12,14,16,23,25,27H,2,11,13,15H2,1H3,(H2,37,38,40)/t23-,25+,27+,29-/m0/s1. The van der Waals surface area contributed by atoms with Gasteiger partial charge in [0.2, 0.25) is 0 Å². The van der Waals surface area contributed by atoms with Crippen LogP contribution in [-0.2, 0) is 6.42 Å². The summed E-state index contributed by atoms with van der Waals surface area (Å²) in [6.07, 6.45) is 2.38. The number of urea groups is 1. The number of carbonyl (C=O) groups is 1. The zero-order chi connectivity index (χ0) is 28.2. The third-order valence-corrected chi connectivity index (χ3v) is 8.56. The van der Waals surface area contributed by atoms with Gasteiger partial charge in [-0.25, -0.2) is 18.3 Å². The molecular formula is C30H27F5N4O. The average Bonchev–Trinajstić information content (AvgIpc) is 3.30. The van der Waals surface area contributed by atoms with Gasteiger partial charge >= 0.3 is 12.2 Å². The lowest BCUT2D eigenvalue weighted by atomic mass is 9.55. The van der Waals surface area contributed by atoms with Crippen LogP contribution in [0.25, 0.3) is 11.8 Å². The first-order valence-corrected chi connectivity index (χ1v) is 13.2. The smallest absolute Gasteiger partial charge is 0.334 e. The van der Waals surface area contributed by atoms with Crippen molar-refractivity contribution in [3.63, 3.8) is 0 Å². The number of fused-ring (bicyclic) bond motifs is 4. The molecule has 1 saturated carbocycles. The van der Waals surface area contributed by atoms with E-state index in [1.807, 2.05) is 0 Å². The van der Waals surface area contributed by atoms with Gasteiger partial charge in [-0.2, -0.15) is 18.3 Å². The summed E-state index contributed by atoms with van der Waals surface area (Å²) in [4.78, 5) is 12.8. The molecule has 1 fully saturated rings. The molecule has 3 aromatic rings. The number of anilines is 1. The Labute approximate surface area is 227 Å². The molecule has 3 aliphatic rings. The summed E-state index contributed by atoms with van der Waals surface area (Å²) in [5, 5.41) is 9.69. The number of carbonyl (C=O) groups excluding carboxylic acids is 1. The lowest BCUT2D eigenvalue weighted by Crippen LogP contribution is -2.56. The molecule has 40 heavy (non-hydrogen) atoms. The Morgan fingerprint density at radius 2 is 1.73 bits per heavy atom. The third-order valence-electron chi connectivity index (χ3n) is 8.56. The number of amides is 2. The molecule has 0 spiro atoms. The number of aromatic nitrogens is 2. The molecule has 2 N–H and O–H groups in total. The van der Waals surface area contributed by atoms with E-state index in [0.717, 1.165) is 28.1 Å². The molecule has 1 heterocycles. The zero-order valence-corrected chi connectivity index (χ0v) is 21.6. The van der Waals surface area contributed by atoms with Crippen LogP contribution in [0.2, 0.25) is 0 Å². The highest BCUT2D eigenvalue weighted by atomic mass is 19.4. The van der Waals surface area contributed by atoms with Crippen molar-refractivity contribution in [3.8, 4) is 5.69 Å². The van der Waals surface area contributed by atoms with E-state index in [9.17, 15) is 26.7 Å². The minimum Gasteiger partial charge on any atom is -0.334 e. The van der Waals surface area contributed by atoms with Crippen LogP contribution in [0.3, 0.4) is 0 Å². The topological polar surface area (TPSA) is 59.0 Å². The lowest BCUT2D eigenvalue weighted by molar-refractivity contribution is -0.186. The number of allylic oxidation sites excluding steroid dienone is 2. The van der Waals surface area contributed by atoms with Gasteiger partial charge in [-0.15, -0.1) is 0 Å². The maximum Gasteiger partial charge on any atom is 0.394 e. The largest absolute Gasteiger partial charge is 0.394 e. The molecule has 0 unspecified atom stereocenters. The van der Waals surface area contributed by atoms with Crippen molar-refractivity contribution >= 4 is 17.8 Å². The number of alkyl halides is 3. The van der Waals surface area contributed by atoms with Crippen molar-refractivity contribution in [2.45, 2.75) is 44.8 Å². The van der Waals surface area contributed by atoms with E-state index in [1.165, 1.54) is 36.4 Å². The second kappa shape index (κ2) is 9.60. The summed E-state index contributed by atoms with van der Waals surface area (Å²) >= 11 is 0. The Morgan fingerprint density at radius 3 is 2.40 bits per heavy atom. The number of halogens is 5. The molecule has 208 valence electrons. The van der Waals surface area contributed by atoms with Gasteiger partial charge in [-0.1, -0.05) is 24.1 Å². The van der Waals surface area contributed by atoms with Crippen molar-refractivity contribution in [1.82, 2.24) is 15.1 Å². The quantitative estimate of drug-likeness (QED) is 0.266. The first-order valence-electron chi connectivity index (χ1n) is 13.2. The highest BCUT2D eigenvalue weighted by Crippen LogP contribution is 2.57. The fraction of sp³-hybridized carbons (Fsp3) is 0.333. The summed E-state index contributed by atoms with van der Waals surface area (Å²) in [6, 6.07) is 9.18. The minimum absolute atomic E-state index is 0.235. The highest BCUT2D eigenvalue weighted by Gasteiger charge is 2.54. The van der Waals surface area contributed by atoms with Gasteiger partial charge in [0.15, 0.2) is 0 Å². The summed E-state index contributed by atoms with van der Waals surface area (Å²) in [6.45, 7) is 2.05. The lowest BCUT2D eigenvalue weighted by Gasteiger charge is -2.51. The first kappa shape index (κ1) is 26.3.